The molecule has 0 saturated carbocycles. The zero-order chi connectivity index (χ0) is 41.7. The Kier molecular flexibility index (Phi) is 44.2. The minimum atomic E-state index is -0.759. The number of carbonyl (C=O) groups excluding carboxylic acids is 3. The molecule has 0 heterocycles. The molecule has 0 radical (unpaired) electrons. The van der Waals surface area contributed by atoms with Gasteiger partial charge in [0.05, 0.1) is 0 Å². The second kappa shape index (κ2) is 45.5. The first kappa shape index (κ1) is 55.4. The monoisotopic (exact) mass is 807 g/mol. The van der Waals surface area contributed by atoms with Gasteiger partial charge in [0.15, 0.2) is 6.10 Å². The largest absolute Gasteiger partial charge is 0.462 e. The number of hydrogen-bond acceptors (Lipinski definition) is 6. The van der Waals surface area contributed by atoms with E-state index in [-0.39, 0.29) is 31.1 Å². The molecule has 0 N–H and O–H groups in total. The van der Waals surface area contributed by atoms with Gasteiger partial charge in [-0.2, -0.15) is 0 Å². The van der Waals surface area contributed by atoms with Crippen LogP contribution in [0, 0.1) is 5.92 Å². The van der Waals surface area contributed by atoms with Crippen LogP contribution in [0.4, 0.5) is 0 Å². The van der Waals surface area contributed by atoms with Crippen molar-refractivity contribution >= 4 is 17.9 Å². The summed E-state index contributed by atoms with van der Waals surface area (Å²) in [6, 6.07) is 0. The lowest BCUT2D eigenvalue weighted by Crippen LogP contribution is -2.30. The molecule has 0 saturated heterocycles. The van der Waals surface area contributed by atoms with E-state index in [1.165, 1.54) is 180 Å². The van der Waals surface area contributed by atoms with Crippen LogP contribution in [0.1, 0.15) is 285 Å². The van der Waals surface area contributed by atoms with E-state index >= 15 is 0 Å². The molecule has 0 spiro atoms. The number of hydrogen-bond donors (Lipinski definition) is 0. The number of carbonyl (C=O) groups is 3. The van der Waals surface area contributed by atoms with Crippen LogP contribution in [-0.2, 0) is 28.6 Å². The molecule has 0 aromatic heterocycles. The molecule has 0 aromatic carbocycles. The summed E-state index contributed by atoms with van der Waals surface area (Å²) < 4.78 is 16.7. The molecule has 0 aliphatic carbocycles. The van der Waals surface area contributed by atoms with Crippen molar-refractivity contribution in [1.29, 1.82) is 0 Å². The van der Waals surface area contributed by atoms with E-state index in [0.717, 1.165) is 63.7 Å². The maximum absolute atomic E-state index is 12.7. The second-order valence-electron chi connectivity index (χ2n) is 17.9. The zero-order valence-electron chi connectivity index (χ0n) is 38.8. The molecule has 57 heavy (non-hydrogen) atoms. The minimum absolute atomic E-state index is 0.0636. The summed E-state index contributed by atoms with van der Waals surface area (Å²) in [6.45, 7) is 8.97. The second-order valence-corrected chi connectivity index (χ2v) is 17.9. The third-order valence-corrected chi connectivity index (χ3v) is 11.5. The van der Waals surface area contributed by atoms with Gasteiger partial charge in [0.25, 0.3) is 0 Å². The third kappa shape index (κ3) is 45.3. The van der Waals surface area contributed by atoms with Crippen LogP contribution in [0.2, 0.25) is 0 Å². The highest BCUT2D eigenvalue weighted by Gasteiger charge is 2.19. The molecule has 0 amide bonds. The Morgan fingerprint density at radius 3 is 0.860 bits per heavy atom. The van der Waals surface area contributed by atoms with Crippen molar-refractivity contribution in [3.8, 4) is 0 Å². The van der Waals surface area contributed by atoms with Gasteiger partial charge < -0.3 is 14.2 Å². The van der Waals surface area contributed by atoms with Gasteiger partial charge in [-0.05, 0) is 25.2 Å². The van der Waals surface area contributed by atoms with Gasteiger partial charge in [-0.15, -0.1) is 0 Å². The SMILES string of the molecule is CCCCCCCCCCCCCCCCCCCCCC(=O)OC[C@H](COC(=O)CCCCCCCCCCC(C)C)OC(=O)CCCCCCCCCCC. The van der Waals surface area contributed by atoms with Crippen LogP contribution in [0.25, 0.3) is 0 Å². The van der Waals surface area contributed by atoms with Crippen LogP contribution in [-0.4, -0.2) is 37.2 Å². The topological polar surface area (TPSA) is 78.9 Å². The average molecular weight is 807 g/mol. The third-order valence-electron chi connectivity index (χ3n) is 11.5. The Balaban J connectivity index is 4.19. The number of unbranched alkanes of at least 4 members (excludes halogenated alkanes) is 33. The maximum atomic E-state index is 12.7. The molecule has 0 rings (SSSR count). The first-order valence-electron chi connectivity index (χ1n) is 25.4. The quantitative estimate of drug-likeness (QED) is 0.0346. The molecule has 1 atom stereocenters. The fourth-order valence-corrected chi connectivity index (χ4v) is 7.69. The molecule has 0 aliphatic rings. The molecular formula is C51H98O6. The molecule has 0 bridgehead atoms. The molecule has 6 nitrogen and oxygen atoms in total. The summed E-state index contributed by atoms with van der Waals surface area (Å²) in [6.07, 6.45) is 46.7. The van der Waals surface area contributed by atoms with Crippen molar-refractivity contribution < 1.29 is 28.6 Å². The van der Waals surface area contributed by atoms with E-state index in [1.807, 2.05) is 0 Å². The van der Waals surface area contributed by atoms with E-state index in [0.29, 0.717) is 19.3 Å². The summed E-state index contributed by atoms with van der Waals surface area (Å²) >= 11 is 0. The van der Waals surface area contributed by atoms with Gasteiger partial charge in [-0.3, -0.25) is 14.4 Å². The van der Waals surface area contributed by atoms with Gasteiger partial charge in [-0.25, -0.2) is 0 Å². The predicted octanol–water partition coefficient (Wildman–Crippen LogP) is 16.3. The summed E-state index contributed by atoms with van der Waals surface area (Å²) in [4.78, 5) is 37.8. The summed E-state index contributed by atoms with van der Waals surface area (Å²) in [5, 5.41) is 0. The number of rotatable bonds is 46. The molecular weight excluding hydrogens is 709 g/mol. The van der Waals surface area contributed by atoms with Gasteiger partial charge in [-0.1, -0.05) is 246 Å². The highest BCUT2D eigenvalue weighted by atomic mass is 16.6. The van der Waals surface area contributed by atoms with Gasteiger partial charge in [0.1, 0.15) is 13.2 Å². The maximum Gasteiger partial charge on any atom is 0.306 e. The first-order chi connectivity index (χ1) is 27.9. The molecule has 0 aromatic rings. The molecule has 0 fully saturated rings. The van der Waals surface area contributed by atoms with E-state index in [2.05, 4.69) is 27.7 Å². The van der Waals surface area contributed by atoms with Crippen molar-refractivity contribution in [3.63, 3.8) is 0 Å². The van der Waals surface area contributed by atoms with Crippen LogP contribution < -0.4 is 0 Å². The van der Waals surface area contributed by atoms with E-state index in [9.17, 15) is 14.4 Å². The van der Waals surface area contributed by atoms with Crippen LogP contribution in [0.5, 0.6) is 0 Å². The minimum Gasteiger partial charge on any atom is -0.462 e. The normalized spacial score (nSPS) is 11.9. The zero-order valence-corrected chi connectivity index (χ0v) is 38.8. The number of ether oxygens (including phenoxy) is 3. The molecule has 6 heteroatoms. The lowest BCUT2D eigenvalue weighted by atomic mass is 10.0. The van der Waals surface area contributed by atoms with E-state index in [1.54, 1.807) is 0 Å². The molecule has 0 unspecified atom stereocenters. The molecule has 0 aliphatic heterocycles. The van der Waals surface area contributed by atoms with Gasteiger partial charge in [0, 0.05) is 19.3 Å². The lowest BCUT2D eigenvalue weighted by molar-refractivity contribution is -0.167. The van der Waals surface area contributed by atoms with Crippen molar-refractivity contribution in [1.82, 2.24) is 0 Å². The van der Waals surface area contributed by atoms with Crippen LogP contribution >= 0.6 is 0 Å². The highest BCUT2D eigenvalue weighted by Crippen LogP contribution is 2.17. The van der Waals surface area contributed by atoms with Crippen LogP contribution in [0.3, 0.4) is 0 Å². The average Bonchev–Trinajstić information content (AvgIpc) is 3.19. The van der Waals surface area contributed by atoms with E-state index < -0.39 is 6.10 Å². The van der Waals surface area contributed by atoms with E-state index in [4.69, 9.17) is 14.2 Å². The fourth-order valence-electron chi connectivity index (χ4n) is 7.69. The Labute approximate surface area is 355 Å². The Morgan fingerprint density at radius 2 is 0.579 bits per heavy atom. The summed E-state index contributed by atoms with van der Waals surface area (Å²) in [5.74, 6) is -0.0555. The first-order valence-corrected chi connectivity index (χ1v) is 25.4. The van der Waals surface area contributed by atoms with Crippen LogP contribution in [0.15, 0.2) is 0 Å². The lowest BCUT2D eigenvalue weighted by Gasteiger charge is -2.18. The van der Waals surface area contributed by atoms with Crippen molar-refractivity contribution in [2.24, 2.45) is 5.92 Å². The molecule has 338 valence electrons. The van der Waals surface area contributed by atoms with Gasteiger partial charge in [0.2, 0.25) is 0 Å². The standard InChI is InChI=1S/C51H98O6/c1-5-7-9-11-13-15-16-17-18-19-20-21-22-23-24-26-30-34-38-42-49(52)55-45-48(57-51(54)44-40-36-32-25-14-12-10-8-6-2)46-56-50(53)43-39-35-31-28-27-29-33-37-41-47(3)4/h47-48H,5-46H2,1-4H3/t48-/m1/s1. The predicted molar refractivity (Wildman–Crippen MR) is 243 cm³/mol. The van der Waals surface area contributed by atoms with Crippen molar-refractivity contribution in [2.45, 2.75) is 291 Å². The van der Waals surface area contributed by atoms with Gasteiger partial charge >= 0.3 is 17.9 Å². The number of esters is 3. The summed E-state index contributed by atoms with van der Waals surface area (Å²) in [5.41, 5.74) is 0. The highest BCUT2D eigenvalue weighted by molar-refractivity contribution is 5.71. The van der Waals surface area contributed by atoms with Crippen molar-refractivity contribution in [3.05, 3.63) is 0 Å². The fraction of sp³-hybridized carbons (Fsp3) is 0.941. The Morgan fingerprint density at radius 1 is 0.333 bits per heavy atom. The smallest absolute Gasteiger partial charge is 0.306 e. The van der Waals surface area contributed by atoms with Crippen molar-refractivity contribution in [2.75, 3.05) is 13.2 Å². The summed E-state index contributed by atoms with van der Waals surface area (Å²) in [7, 11) is 0. The Bertz CT molecular complexity index is 857. The Hall–Kier alpha value is -1.59.